The van der Waals surface area contributed by atoms with Gasteiger partial charge in [0, 0.05) is 38.0 Å². The highest BCUT2D eigenvalue weighted by Crippen LogP contribution is 2.07. The first-order chi connectivity index (χ1) is 7.76. The second kappa shape index (κ2) is 11.7. The summed E-state index contributed by atoms with van der Waals surface area (Å²) in [7, 11) is 2.22. The molecular formula is C12H28N2OS. The predicted molar refractivity (Wildman–Crippen MR) is 74.5 cm³/mol. The van der Waals surface area contributed by atoms with Gasteiger partial charge in [-0.15, -0.1) is 0 Å². The molecule has 0 aromatic rings. The summed E-state index contributed by atoms with van der Waals surface area (Å²) < 4.78 is 5.27. The molecule has 0 heterocycles. The number of rotatable bonds is 11. The average Bonchev–Trinajstić information content (AvgIpc) is 2.30. The van der Waals surface area contributed by atoms with Crippen molar-refractivity contribution in [3.8, 4) is 0 Å². The van der Waals surface area contributed by atoms with Gasteiger partial charge in [-0.25, -0.2) is 0 Å². The molecule has 0 rings (SSSR count). The quantitative estimate of drug-likeness (QED) is 0.562. The van der Waals surface area contributed by atoms with Gasteiger partial charge in [-0.05, 0) is 26.6 Å². The molecule has 0 aliphatic rings. The lowest BCUT2D eigenvalue weighted by Gasteiger charge is -2.26. The van der Waals surface area contributed by atoms with Crippen molar-refractivity contribution < 1.29 is 4.74 Å². The van der Waals surface area contributed by atoms with Crippen LogP contribution >= 0.6 is 11.8 Å². The van der Waals surface area contributed by atoms with E-state index >= 15 is 0 Å². The second-order valence-corrected chi connectivity index (χ2v) is 4.86. The topological polar surface area (TPSA) is 24.5 Å². The number of likely N-dealkylation sites (N-methyl/N-ethyl adjacent to an activating group) is 1. The molecule has 0 aromatic carbocycles. The molecule has 1 N–H and O–H groups in total. The molecule has 1 unspecified atom stereocenters. The molecule has 0 bridgehead atoms. The molecule has 98 valence electrons. The van der Waals surface area contributed by atoms with Crippen molar-refractivity contribution >= 4 is 11.8 Å². The van der Waals surface area contributed by atoms with E-state index in [1.54, 1.807) is 0 Å². The Kier molecular flexibility index (Phi) is 11.9. The Morgan fingerprint density at radius 2 is 2.06 bits per heavy atom. The van der Waals surface area contributed by atoms with E-state index in [0.29, 0.717) is 6.04 Å². The van der Waals surface area contributed by atoms with Gasteiger partial charge in [-0.3, -0.25) is 0 Å². The molecule has 3 nitrogen and oxygen atoms in total. The molecule has 16 heavy (non-hydrogen) atoms. The standard InChI is InChI=1S/C12H28N2OS/c1-5-12(11-16-4)14(3)9-7-13-8-10-15-6-2/h12-13H,5-11H2,1-4H3. The van der Waals surface area contributed by atoms with Crippen LogP contribution in [0.4, 0.5) is 0 Å². The molecule has 0 radical (unpaired) electrons. The largest absolute Gasteiger partial charge is 0.380 e. The van der Waals surface area contributed by atoms with Crippen LogP contribution < -0.4 is 5.32 Å². The lowest BCUT2D eigenvalue weighted by atomic mass is 10.2. The zero-order valence-corrected chi connectivity index (χ0v) is 12.1. The monoisotopic (exact) mass is 248 g/mol. The first-order valence-corrected chi connectivity index (χ1v) is 7.63. The lowest BCUT2D eigenvalue weighted by Crippen LogP contribution is -2.38. The second-order valence-electron chi connectivity index (χ2n) is 3.94. The summed E-state index contributed by atoms with van der Waals surface area (Å²) in [5.74, 6) is 1.23. The Morgan fingerprint density at radius 3 is 2.62 bits per heavy atom. The van der Waals surface area contributed by atoms with E-state index in [1.165, 1.54) is 12.2 Å². The van der Waals surface area contributed by atoms with E-state index < -0.39 is 0 Å². The molecule has 0 aliphatic carbocycles. The summed E-state index contributed by atoms with van der Waals surface area (Å²) in [6, 6.07) is 0.712. The Labute approximate surface area is 105 Å². The maximum Gasteiger partial charge on any atom is 0.0590 e. The molecule has 4 heteroatoms. The smallest absolute Gasteiger partial charge is 0.0590 e. The van der Waals surface area contributed by atoms with Crippen LogP contribution in [0.1, 0.15) is 20.3 Å². The highest BCUT2D eigenvalue weighted by molar-refractivity contribution is 7.98. The van der Waals surface area contributed by atoms with Crippen molar-refractivity contribution in [3.63, 3.8) is 0 Å². The van der Waals surface area contributed by atoms with Gasteiger partial charge in [0.2, 0.25) is 0 Å². The van der Waals surface area contributed by atoms with Crippen LogP contribution in [0.3, 0.4) is 0 Å². The van der Waals surface area contributed by atoms with E-state index in [2.05, 4.69) is 30.4 Å². The first-order valence-electron chi connectivity index (χ1n) is 6.23. The average molecular weight is 248 g/mol. The fourth-order valence-electron chi connectivity index (χ4n) is 1.60. The third-order valence-corrected chi connectivity index (χ3v) is 3.44. The Bertz CT molecular complexity index is 147. The fourth-order valence-corrected chi connectivity index (χ4v) is 2.48. The zero-order chi connectivity index (χ0) is 12.2. The van der Waals surface area contributed by atoms with E-state index in [0.717, 1.165) is 32.8 Å². The van der Waals surface area contributed by atoms with Crippen LogP contribution in [-0.4, -0.2) is 62.8 Å². The Hall–Kier alpha value is 0.230. The molecule has 0 fully saturated rings. The zero-order valence-electron chi connectivity index (χ0n) is 11.3. The van der Waals surface area contributed by atoms with Crippen LogP contribution in [0.25, 0.3) is 0 Å². The number of ether oxygens (including phenoxy) is 1. The van der Waals surface area contributed by atoms with Crippen molar-refractivity contribution in [3.05, 3.63) is 0 Å². The van der Waals surface area contributed by atoms with Crippen LogP contribution in [0.2, 0.25) is 0 Å². The van der Waals surface area contributed by atoms with Crippen molar-refractivity contribution in [1.29, 1.82) is 0 Å². The number of nitrogens with one attached hydrogen (secondary N) is 1. The molecule has 0 aliphatic heterocycles. The highest BCUT2D eigenvalue weighted by Gasteiger charge is 2.10. The molecule has 0 aromatic heterocycles. The van der Waals surface area contributed by atoms with Crippen LogP contribution in [-0.2, 0) is 4.74 Å². The van der Waals surface area contributed by atoms with Crippen molar-refractivity contribution in [2.75, 3.05) is 51.9 Å². The van der Waals surface area contributed by atoms with Gasteiger partial charge in [0.25, 0.3) is 0 Å². The summed E-state index contributed by atoms with van der Waals surface area (Å²) in [6.07, 6.45) is 3.41. The van der Waals surface area contributed by atoms with E-state index in [1.807, 2.05) is 18.7 Å². The van der Waals surface area contributed by atoms with Gasteiger partial charge in [-0.2, -0.15) is 11.8 Å². The molecular weight excluding hydrogens is 220 g/mol. The van der Waals surface area contributed by atoms with Gasteiger partial charge < -0.3 is 15.0 Å². The number of thioether (sulfide) groups is 1. The maximum atomic E-state index is 5.27. The number of hydrogen-bond acceptors (Lipinski definition) is 4. The van der Waals surface area contributed by atoms with Crippen molar-refractivity contribution in [2.45, 2.75) is 26.3 Å². The molecule has 0 saturated heterocycles. The highest BCUT2D eigenvalue weighted by atomic mass is 32.2. The van der Waals surface area contributed by atoms with E-state index in [4.69, 9.17) is 4.74 Å². The van der Waals surface area contributed by atoms with Crippen LogP contribution in [0.15, 0.2) is 0 Å². The summed E-state index contributed by atoms with van der Waals surface area (Å²) in [6.45, 7) is 9.05. The lowest BCUT2D eigenvalue weighted by molar-refractivity contribution is 0.148. The third-order valence-electron chi connectivity index (χ3n) is 2.72. The molecule has 0 amide bonds. The Morgan fingerprint density at radius 1 is 1.31 bits per heavy atom. The SMILES string of the molecule is CCOCCNCCN(C)C(CC)CSC. The minimum Gasteiger partial charge on any atom is -0.380 e. The normalized spacial score (nSPS) is 13.3. The number of nitrogens with zero attached hydrogens (tertiary/aromatic N) is 1. The van der Waals surface area contributed by atoms with Crippen molar-refractivity contribution in [2.24, 2.45) is 0 Å². The van der Waals surface area contributed by atoms with Gasteiger partial charge >= 0.3 is 0 Å². The summed E-state index contributed by atoms with van der Waals surface area (Å²) in [5.41, 5.74) is 0. The Balaban J connectivity index is 3.43. The van der Waals surface area contributed by atoms with Crippen molar-refractivity contribution in [1.82, 2.24) is 10.2 Å². The summed E-state index contributed by atoms with van der Waals surface area (Å²) >= 11 is 1.93. The summed E-state index contributed by atoms with van der Waals surface area (Å²) in [5, 5.41) is 3.40. The molecule has 0 spiro atoms. The van der Waals surface area contributed by atoms with Gasteiger partial charge in [-0.1, -0.05) is 6.92 Å². The minimum absolute atomic E-state index is 0.712. The minimum atomic E-state index is 0.712. The van der Waals surface area contributed by atoms with Gasteiger partial charge in [0.05, 0.1) is 6.61 Å². The third kappa shape index (κ3) is 8.39. The predicted octanol–water partition coefficient (Wildman–Crippen LogP) is 1.69. The first kappa shape index (κ1) is 16.2. The molecule has 1 atom stereocenters. The van der Waals surface area contributed by atoms with E-state index in [9.17, 15) is 0 Å². The van der Waals surface area contributed by atoms with Crippen LogP contribution in [0, 0.1) is 0 Å². The molecule has 0 saturated carbocycles. The van der Waals surface area contributed by atoms with E-state index in [-0.39, 0.29) is 0 Å². The van der Waals surface area contributed by atoms with Crippen LogP contribution in [0.5, 0.6) is 0 Å². The number of hydrogen-bond donors (Lipinski definition) is 1. The van der Waals surface area contributed by atoms with Gasteiger partial charge in [0.15, 0.2) is 0 Å². The van der Waals surface area contributed by atoms with Gasteiger partial charge in [0.1, 0.15) is 0 Å². The summed E-state index contributed by atoms with van der Waals surface area (Å²) in [4.78, 5) is 2.45. The fraction of sp³-hybridized carbons (Fsp3) is 1.00. The maximum absolute atomic E-state index is 5.27.